The van der Waals surface area contributed by atoms with Gasteiger partial charge in [0.2, 0.25) is 5.91 Å². The number of amides is 1. The van der Waals surface area contributed by atoms with Crippen LogP contribution in [-0.4, -0.2) is 54.3 Å². The van der Waals surface area contributed by atoms with Crippen molar-refractivity contribution in [1.29, 1.82) is 0 Å². The van der Waals surface area contributed by atoms with Crippen molar-refractivity contribution >= 4 is 11.6 Å². The van der Waals surface area contributed by atoms with E-state index >= 15 is 0 Å². The van der Waals surface area contributed by atoms with E-state index in [4.69, 9.17) is 9.47 Å². The molecule has 2 aromatic carbocycles. The van der Waals surface area contributed by atoms with Crippen LogP contribution in [0.15, 0.2) is 54.6 Å². The Morgan fingerprint density at radius 3 is 2.82 bits per heavy atom. The molecule has 0 saturated carbocycles. The molecule has 0 unspecified atom stereocenters. The second kappa shape index (κ2) is 9.57. The Kier molecular flexibility index (Phi) is 6.19. The predicted molar refractivity (Wildman–Crippen MR) is 127 cm³/mol. The van der Waals surface area contributed by atoms with Crippen molar-refractivity contribution in [2.24, 2.45) is 0 Å². The summed E-state index contributed by atoms with van der Waals surface area (Å²) in [7, 11) is 1.63. The van der Waals surface area contributed by atoms with Gasteiger partial charge in [-0.05, 0) is 42.7 Å². The SMILES string of the molecule is COc1ccccc1OCc1cc([C@@H]2CCN(C(=O)CCN3CCc4ccccc43)C2)n[nH]1. The van der Waals surface area contributed by atoms with Crippen LogP contribution in [0, 0.1) is 0 Å². The number of likely N-dealkylation sites (tertiary alicyclic amines) is 1. The van der Waals surface area contributed by atoms with E-state index in [0.29, 0.717) is 24.5 Å². The van der Waals surface area contributed by atoms with Gasteiger partial charge in [-0.3, -0.25) is 9.89 Å². The highest BCUT2D eigenvalue weighted by atomic mass is 16.5. The molecule has 1 amide bonds. The molecule has 3 heterocycles. The van der Waals surface area contributed by atoms with Crippen LogP contribution in [0.2, 0.25) is 0 Å². The molecular weight excluding hydrogens is 416 g/mol. The van der Waals surface area contributed by atoms with E-state index in [1.165, 1.54) is 11.3 Å². The number of rotatable bonds is 8. The zero-order chi connectivity index (χ0) is 22.6. The number of carbonyl (C=O) groups is 1. The van der Waals surface area contributed by atoms with Gasteiger partial charge in [0.15, 0.2) is 11.5 Å². The van der Waals surface area contributed by atoms with Gasteiger partial charge < -0.3 is 19.3 Å². The summed E-state index contributed by atoms with van der Waals surface area (Å²) >= 11 is 0. The van der Waals surface area contributed by atoms with Crippen LogP contribution in [0.5, 0.6) is 11.5 Å². The maximum atomic E-state index is 12.9. The van der Waals surface area contributed by atoms with E-state index < -0.39 is 0 Å². The zero-order valence-corrected chi connectivity index (χ0v) is 19.0. The number of benzene rings is 2. The molecule has 7 nitrogen and oxygen atoms in total. The molecule has 2 aliphatic heterocycles. The summed E-state index contributed by atoms with van der Waals surface area (Å²) in [6.45, 7) is 3.69. The predicted octanol–water partition coefficient (Wildman–Crippen LogP) is 3.77. The lowest BCUT2D eigenvalue weighted by Crippen LogP contribution is -2.32. The normalized spacial score (nSPS) is 17.3. The smallest absolute Gasteiger partial charge is 0.224 e. The van der Waals surface area contributed by atoms with Crippen LogP contribution in [0.4, 0.5) is 5.69 Å². The van der Waals surface area contributed by atoms with Crippen molar-refractivity contribution in [3.05, 3.63) is 71.5 Å². The number of ether oxygens (including phenoxy) is 2. The Morgan fingerprint density at radius 1 is 1.12 bits per heavy atom. The summed E-state index contributed by atoms with van der Waals surface area (Å²) in [5, 5.41) is 7.58. The number of aromatic amines is 1. The second-order valence-electron chi connectivity index (χ2n) is 8.70. The quantitative estimate of drug-likeness (QED) is 0.571. The minimum absolute atomic E-state index is 0.233. The number of H-pyrrole nitrogens is 1. The number of fused-ring (bicyclic) bond motifs is 1. The largest absolute Gasteiger partial charge is 0.493 e. The number of methoxy groups -OCH3 is 1. The molecule has 1 N–H and O–H groups in total. The highest BCUT2D eigenvalue weighted by molar-refractivity contribution is 5.77. The van der Waals surface area contributed by atoms with Gasteiger partial charge in [0.25, 0.3) is 0 Å². The van der Waals surface area contributed by atoms with Gasteiger partial charge in [0.05, 0.1) is 18.5 Å². The lowest BCUT2D eigenvalue weighted by atomic mass is 10.1. The maximum absolute atomic E-state index is 12.9. The third-order valence-corrected chi connectivity index (χ3v) is 6.64. The zero-order valence-electron chi connectivity index (χ0n) is 19.0. The van der Waals surface area contributed by atoms with Gasteiger partial charge in [0.1, 0.15) is 6.61 Å². The number of hydrogen-bond acceptors (Lipinski definition) is 5. The van der Waals surface area contributed by atoms with Crippen LogP contribution in [-0.2, 0) is 17.8 Å². The summed E-state index contributed by atoms with van der Waals surface area (Å²) in [4.78, 5) is 17.2. The number of para-hydroxylation sites is 3. The maximum Gasteiger partial charge on any atom is 0.224 e. The highest BCUT2D eigenvalue weighted by Gasteiger charge is 2.29. The van der Waals surface area contributed by atoms with Gasteiger partial charge in [-0.2, -0.15) is 5.10 Å². The number of carbonyl (C=O) groups excluding carboxylic acids is 1. The van der Waals surface area contributed by atoms with Crippen molar-refractivity contribution in [1.82, 2.24) is 15.1 Å². The topological polar surface area (TPSA) is 70.7 Å². The third kappa shape index (κ3) is 4.67. The molecule has 7 heteroatoms. The fourth-order valence-corrected chi connectivity index (χ4v) is 4.81. The van der Waals surface area contributed by atoms with Gasteiger partial charge in [-0.25, -0.2) is 0 Å². The van der Waals surface area contributed by atoms with Crippen molar-refractivity contribution < 1.29 is 14.3 Å². The first-order chi connectivity index (χ1) is 16.2. The molecule has 1 aromatic heterocycles. The summed E-state index contributed by atoms with van der Waals surface area (Å²) in [5.74, 6) is 1.91. The van der Waals surface area contributed by atoms with Crippen LogP contribution >= 0.6 is 0 Å². The van der Waals surface area contributed by atoms with E-state index in [2.05, 4.69) is 45.4 Å². The summed E-state index contributed by atoms with van der Waals surface area (Å²) in [5.41, 5.74) is 4.57. The Bertz CT molecular complexity index is 1110. The lowest BCUT2D eigenvalue weighted by molar-refractivity contribution is -0.129. The first-order valence-corrected chi connectivity index (χ1v) is 11.6. The molecule has 1 atom stereocenters. The van der Waals surface area contributed by atoms with Crippen LogP contribution in [0.3, 0.4) is 0 Å². The Hall–Kier alpha value is -3.48. The monoisotopic (exact) mass is 446 g/mol. The number of aromatic nitrogens is 2. The highest BCUT2D eigenvalue weighted by Crippen LogP contribution is 2.30. The first-order valence-electron chi connectivity index (χ1n) is 11.6. The summed E-state index contributed by atoms with van der Waals surface area (Å²) < 4.78 is 11.2. The minimum atomic E-state index is 0.233. The van der Waals surface area contributed by atoms with Gasteiger partial charge >= 0.3 is 0 Å². The summed E-state index contributed by atoms with van der Waals surface area (Å²) in [6.07, 6.45) is 2.56. The molecule has 1 fully saturated rings. The molecule has 0 radical (unpaired) electrons. The van der Waals surface area contributed by atoms with E-state index in [0.717, 1.165) is 50.4 Å². The fourth-order valence-electron chi connectivity index (χ4n) is 4.81. The third-order valence-electron chi connectivity index (χ3n) is 6.64. The van der Waals surface area contributed by atoms with Crippen LogP contribution in [0.25, 0.3) is 0 Å². The summed E-state index contributed by atoms with van der Waals surface area (Å²) in [6, 6.07) is 18.1. The van der Waals surface area contributed by atoms with E-state index in [9.17, 15) is 4.79 Å². The number of nitrogens with one attached hydrogen (secondary N) is 1. The second-order valence-corrected chi connectivity index (χ2v) is 8.70. The number of hydrogen-bond donors (Lipinski definition) is 1. The molecule has 0 spiro atoms. The molecule has 0 bridgehead atoms. The van der Waals surface area contributed by atoms with Crippen molar-refractivity contribution in [2.45, 2.75) is 31.8 Å². The molecule has 5 rings (SSSR count). The molecule has 1 saturated heterocycles. The van der Waals surface area contributed by atoms with Gasteiger partial charge in [0, 0.05) is 44.2 Å². The van der Waals surface area contributed by atoms with E-state index in [1.54, 1.807) is 7.11 Å². The fraction of sp³-hybridized carbons (Fsp3) is 0.385. The van der Waals surface area contributed by atoms with Crippen molar-refractivity contribution in [3.8, 4) is 11.5 Å². The van der Waals surface area contributed by atoms with E-state index in [1.807, 2.05) is 29.2 Å². The Balaban J connectivity index is 1.12. The number of anilines is 1. The standard InChI is InChI=1S/C26H30N4O3/c1-32-24-8-4-5-9-25(24)33-18-21-16-22(28-27-21)20-11-14-30(17-20)26(31)12-15-29-13-10-19-6-2-3-7-23(19)29/h2-9,16,20H,10-15,17-18H2,1H3,(H,27,28)/t20-/m1/s1. The van der Waals surface area contributed by atoms with Gasteiger partial charge in [-0.1, -0.05) is 30.3 Å². The number of nitrogens with zero attached hydrogens (tertiary/aromatic N) is 3. The van der Waals surface area contributed by atoms with Gasteiger partial charge in [-0.15, -0.1) is 0 Å². The molecule has 0 aliphatic carbocycles. The van der Waals surface area contributed by atoms with Crippen molar-refractivity contribution in [2.75, 3.05) is 38.2 Å². The Labute approximate surface area is 194 Å². The lowest BCUT2D eigenvalue weighted by Gasteiger charge is -2.21. The Morgan fingerprint density at radius 2 is 1.94 bits per heavy atom. The molecule has 33 heavy (non-hydrogen) atoms. The first kappa shape index (κ1) is 21.4. The molecule has 3 aromatic rings. The van der Waals surface area contributed by atoms with Crippen molar-refractivity contribution in [3.63, 3.8) is 0 Å². The van der Waals surface area contributed by atoms with Crippen LogP contribution < -0.4 is 14.4 Å². The molecule has 172 valence electrons. The molecule has 2 aliphatic rings. The average molecular weight is 447 g/mol. The van der Waals surface area contributed by atoms with Crippen LogP contribution in [0.1, 0.15) is 35.7 Å². The van der Waals surface area contributed by atoms with E-state index in [-0.39, 0.29) is 11.8 Å². The average Bonchev–Trinajstić information content (AvgIpc) is 3.61. The minimum Gasteiger partial charge on any atom is -0.493 e. The molecular formula is C26H30N4O3.